The fourth-order valence-electron chi connectivity index (χ4n) is 7.93. The summed E-state index contributed by atoms with van der Waals surface area (Å²) in [6, 6.07) is 9.11. The molecule has 1 aliphatic rings. The Kier molecular flexibility index (Phi) is 18.9. The van der Waals surface area contributed by atoms with Crippen LogP contribution in [0.5, 0.6) is 0 Å². The van der Waals surface area contributed by atoms with Gasteiger partial charge in [-0.05, 0) is 59.9 Å². The first-order valence-electron chi connectivity index (χ1n) is 23.3. The van der Waals surface area contributed by atoms with Gasteiger partial charge in [0, 0.05) is 67.8 Å². The van der Waals surface area contributed by atoms with E-state index in [1.807, 2.05) is 31.2 Å². The van der Waals surface area contributed by atoms with E-state index in [9.17, 15) is 29.1 Å². The number of ether oxygens (including phenoxy) is 3. The van der Waals surface area contributed by atoms with E-state index in [2.05, 4.69) is 36.2 Å². The van der Waals surface area contributed by atoms with Crippen LogP contribution in [0.25, 0.3) is 32.3 Å². The van der Waals surface area contributed by atoms with Crippen LogP contribution in [0, 0.1) is 25.1 Å². The van der Waals surface area contributed by atoms with Crippen molar-refractivity contribution in [1.29, 1.82) is 0 Å². The Labute approximate surface area is 415 Å². The minimum Gasteiger partial charge on any atom is -0.397 e. The van der Waals surface area contributed by atoms with Gasteiger partial charge >= 0.3 is 0 Å². The average Bonchev–Trinajstić information content (AvgIpc) is 3.95. The number of hydrogen-bond donors (Lipinski definition) is 7. The van der Waals surface area contributed by atoms with Crippen molar-refractivity contribution in [2.24, 2.45) is 5.41 Å². The van der Waals surface area contributed by atoms with Crippen LogP contribution in [0.1, 0.15) is 63.3 Å². The number of carbonyl (C=O) groups is 5. The number of amides is 5. The first kappa shape index (κ1) is 53.7. The molecule has 4 heterocycles. The minimum absolute atomic E-state index is 0.0405. The maximum atomic E-state index is 15.3. The maximum Gasteiger partial charge on any atom is 0.246 e. The molecule has 1 saturated heterocycles. The minimum atomic E-state index is -0.997. The molecular formula is C50H63FN10O9S. The first-order valence-corrected chi connectivity index (χ1v) is 24.2. The van der Waals surface area contributed by atoms with Crippen molar-refractivity contribution in [2.45, 2.75) is 85.0 Å². The van der Waals surface area contributed by atoms with Gasteiger partial charge in [-0.3, -0.25) is 29.0 Å². The topological polar surface area (TPSA) is 275 Å². The van der Waals surface area contributed by atoms with Gasteiger partial charge in [0.25, 0.3) is 0 Å². The smallest absolute Gasteiger partial charge is 0.246 e. The van der Waals surface area contributed by atoms with Crippen molar-refractivity contribution >= 4 is 68.8 Å². The highest BCUT2D eigenvalue weighted by molar-refractivity contribution is 7.13. The number of aliphatic hydroxyl groups is 1. The van der Waals surface area contributed by atoms with Crippen LogP contribution in [0.2, 0.25) is 0 Å². The number of fused-ring (bicyclic) bond motifs is 1. The lowest BCUT2D eigenvalue weighted by molar-refractivity contribution is -0.144. The van der Waals surface area contributed by atoms with Crippen molar-refractivity contribution in [3.8, 4) is 21.6 Å². The van der Waals surface area contributed by atoms with E-state index in [0.29, 0.717) is 34.0 Å². The van der Waals surface area contributed by atoms with Gasteiger partial charge in [0.1, 0.15) is 24.5 Å². The zero-order chi connectivity index (χ0) is 51.2. The zero-order valence-corrected chi connectivity index (χ0v) is 41.5. The van der Waals surface area contributed by atoms with Gasteiger partial charge in [-0.25, -0.2) is 14.4 Å². The van der Waals surface area contributed by atoms with Crippen molar-refractivity contribution < 1.29 is 47.7 Å². The molecule has 71 heavy (non-hydrogen) atoms. The van der Waals surface area contributed by atoms with Crippen molar-refractivity contribution in [1.82, 2.24) is 35.8 Å². The van der Waals surface area contributed by atoms with Crippen molar-refractivity contribution in [2.75, 3.05) is 69.5 Å². The van der Waals surface area contributed by atoms with Gasteiger partial charge < -0.3 is 57.0 Å². The van der Waals surface area contributed by atoms with Crippen LogP contribution in [0.3, 0.4) is 0 Å². The van der Waals surface area contributed by atoms with Gasteiger partial charge in [-0.2, -0.15) is 0 Å². The van der Waals surface area contributed by atoms with Gasteiger partial charge in [-0.1, -0.05) is 45.0 Å². The normalized spacial score (nSPS) is 15.1. The molecule has 380 valence electrons. The molecule has 0 radical (unpaired) electrons. The van der Waals surface area contributed by atoms with Crippen LogP contribution < -0.4 is 32.7 Å². The lowest BCUT2D eigenvalue weighted by Gasteiger charge is -2.35. The molecule has 21 heteroatoms. The Morgan fingerprint density at radius 1 is 0.887 bits per heavy atom. The van der Waals surface area contributed by atoms with Gasteiger partial charge in [0.2, 0.25) is 29.5 Å². The van der Waals surface area contributed by atoms with E-state index in [4.69, 9.17) is 25.7 Å². The van der Waals surface area contributed by atoms with E-state index < -0.39 is 47.1 Å². The molecule has 0 unspecified atom stereocenters. The Bertz CT molecular complexity index is 2680. The van der Waals surface area contributed by atoms with E-state index in [-0.39, 0.29) is 107 Å². The number of carbonyl (C=O) groups excluding carboxylic acids is 5. The number of aliphatic hydroxyl groups excluding tert-OH is 1. The average molecular weight is 999 g/mol. The Balaban J connectivity index is 0.811. The van der Waals surface area contributed by atoms with Crippen molar-refractivity contribution in [3.05, 3.63) is 83.1 Å². The lowest BCUT2D eigenvalue weighted by Crippen LogP contribution is -2.58. The van der Waals surface area contributed by atoms with Crippen LogP contribution in [-0.2, 0) is 44.7 Å². The Morgan fingerprint density at radius 2 is 1.59 bits per heavy atom. The number of aromatic nitrogens is 3. The number of thiazole rings is 1. The number of β-amino-alcohol motifs (C(OH)–C–C–N with tert-alkyl or cyclic N) is 1. The van der Waals surface area contributed by atoms with Gasteiger partial charge in [-0.15, -0.1) is 11.3 Å². The number of nitrogens with one attached hydrogen (secondary N) is 4. The fraction of sp³-hybridized carbons (Fsp3) is 0.440. The summed E-state index contributed by atoms with van der Waals surface area (Å²) < 4.78 is 31.8. The monoisotopic (exact) mass is 998 g/mol. The molecule has 9 N–H and O–H groups in total. The summed E-state index contributed by atoms with van der Waals surface area (Å²) in [5.41, 5.74) is 17.7. The highest BCUT2D eigenvalue weighted by Crippen LogP contribution is 2.36. The number of likely N-dealkylation sites (tertiary alicyclic amines) is 1. The molecular weight excluding hydrogens is 936 g/mol. The second-order valence-corrected chi connectivity index (χ2v) is 19.2. The lowest BCUT2D eigenvalue weighted by atomic mass is 9.85. The predicted octanol–water partition coefficient (Wildman–Crippen LogP) is 4.42. The number of benzene rings is 2. The highest BCUT2D eigenvalue weighted by atomic mass is 32.1. The summed E-state index contributed by atoms with van der Waals surface area (Å²) in [6.45, 7) is 10.3. The molecule has 1 fully saturated rings. The zero-order valence-electron chi connectivity index (χ0n) is 40.6. The van der Waals surface area contributed by atoms with Crippen LogP contribution in [0.4, 0.5) is 21.6 Å². The number of nitrogen functional groups attached to an aromatic ring is 2. The summed E-state index contributed by atoms with van der Waals surface area (Å²) in [4.78, 5) is 80.3. The summed E-state index contributed by atoms with van der Waals surface area (Å²) in [7, 11) is 0. The molecule has 2 aromatic carbocycles. The van der Waals surface area contributed by atoms with E-state index in [1.165, 1.54) is 23.5 Å². The van der Waals surface area contributed by atoms with E-state index in [1.54, 1.807) is 56.7 Å². The molecule has 5 amide bonds. The molecule has 5 aromatic rings. The second-order valence-electron chi connectivity index (χ2n) is 18.3. The molecule has 3 aromatic heterocycles. The number of rotatable bonds is 23. The van der Waals surface area contributed by atoms with Crippen molar-refractivity contribution in [3.63, 3.8) is 0 Å². The summed E-state index contributed by atoms with van der Waals surface area (Å²) in [6.07, 6.45) is 4.05. The molecule has 3 atom stereocenters. The predicted molar refractivity (Wildman–Crippen MR) is 268 cm³/mol. The largest absolute Gasteiger partial charge is 0.397 e. The number of nitrogens with zero attached hydrogens (tertiary/aromatic N) is 4. The maximum absolute atomic E-state index is 15.3. The first-order chi connectivity index (χ1) is 33.9. The number of aryl methyl sites for hydroxylation is 1. The SMILES string of the molecule is Cc1ncsc1-c1ccc(CNC(=O)[C@@H]2C[C@@H](O)CN2C(=O)[C@@H](NC(=O)COCCOCCOCCNC(=O)CCCC(=O)Nc2cc3cc(-c4cncc(N)c4C)c(F)c(N)c3cn2)C(C)(C)C)cc1. The molecule has 0 saturated carbocycles. The number of halogens is 1. The second kappa shape index (κ2) is 25.0. The molecule has 0 spiro atoms. The molecule has 0 aliphatic carbocycles. The van der Waals surface area contributed by atoms with Crippen LogP contribution in [0.15, 0.2) is 60.5 Å². The number of nitrogens with two attached hydrogens (primary N) is 2. The highest BCUT2D eigenvalue weighted by Gasteiger charge is 2.44. The van der Waals surface area contributed by atoms with E-state index >= 15 is 4.39 Å². The Hall–Kier alpha value is -6.65. The Morgan fingerprint density at radius 3 is 2.30 bits per heavy atom. The van der Waals surface area contributed by atoms with E-state index in [0.717, 1.165) is 21.7 Å². The third kappa shape index (κ3) is 14.7. The summed E-state index contributed by atoms with van der Waals surface area (Å²) >= 11 is 1.56. The third-order valence-corrected chi connectivity index (χ3v) is 12.9. The van der Waals surface area contributed by atoms with Gasteiger partial charge in [0.05, 0.1) is 72.8 Å². The standard InChI is InChI=1S/C50H63FN10O9S/c1-29-36(23-54-25-38(29)52)35-19-33-20-40(56-24-37(33)45(53)44(35)51)59-42(64)8-6-7-41(63)55-13-14-68-15-16-69-17-18-70-27-43(65)60-47(50(3,4)5)49(67)61-26-34(62)21-39(61)48(66)57-22-31-9-11-32(12-10-31)46-30(2)58-28-71-46/h9-12,19-20,23-25,28,34,39,47,62H,6-8,13-18,21-22,26-27,52-53H2,1-5H3,(H,55,63)(H,57,66)(H,60,65)(H,56,59,64)/t34-,39+,47-/m1/s1. The van der Waals surface area contributed by atoms with Crippen LogP contribution in [-0.4, -0.2) is 125 Å². The van der Waals surface area contributed by atoms with Gasteiger partial charge in [0.15, 0.2) is 5.82 Å². The summed E-state index contributed by atoms with van der Waals surface area (Å²) in [5, 5.41) is 22.6. The number of pyridine rings is 2. The molecule has 6 rings (SSSR count). The number of hydrogen-bond acceptors (Lipinski definition) is 15. The fourth-order valence-corrected chi connectivity index (χ4v) is 8.74. The van der Waals surface area contributed by atoms with Crippen LogP contribution >= 0.6 is 11.3 Å². The quantitative estimate of drug-likeness (QED) is 0.0353. The summed E-state index contributed by atoms with van der Waals surface area (Å²) in [5.74, 6) is -2.34. The molecule has 1 aliphatic heterocycles. The third-order valence-electron chi connectivity index (χ3n) is 11.9. The molecule has 0 bridgehead atoms. The molecule has 19 nitrogen and oxygen atoms in total. The number of anilines is 3.